The number of carbonyl (C=O) groups is 1. The molecule has 30 heavy (non-hydrogen) atoms. The number of piperidine rings is 1. The van der Waals surface area contributed by atoms with E-state index in [-0.39, 0.29) is 11.9 Å². The lowest BCUT2D eigenvalue weighted by atomic mass is 10.0. The van der Waals surface area contributed by atoms with Gasteiger partial charge < -0.3 is 10.2 Å². The molecule has 0 bridgehead atoms. The van der Waals surface area contributed by atoms with Gasteiger partial charge in [0, 0.05) is 36.9 Å². The summed E-state index contributed by atoms with van der Waals surface area (Å²) in [6.45, 7) is 1.37. The van der Waals surface area contributed by atoms with E-state index < -0.39 is 0 Å². The molecule has 7 nitrogen and oxygen atoms in total. The summed E-state index contributed by atoms with van der Waals surface area (Å²) in [7, 11) is 0. The Morgan fingerprint density at radius 2 is 1.93 bits per heavy atom. The van der Waals surface area contributed by atoms with Gasteiger partial charge in [-0.2, -0.15) is 0 Å². The summed E-state index contributed by atoms with van der Waals surface area (Å²) in [5.74, 6) is 0.679. The average Bonchev–Trinajstić information content (AvgIpc) is 2.82. The fourth-order valence-electron chi connectivity index (χ4n) is 3.99. The predicted molar refractivity (Wildman–Crippen MR) is 116 cm³/mol. The molecule has 3 aromatic heterocycles. The fraction of sp³-hybridized carbons (Fsp3) is 0.261. The number of amides is 1. The summed E-state index contributed by atoms with van der Waals surface area (Å²) in [5.41, 5.74) is 1.87. The summed E-state index contributed by atoms with van der Waals surface area (Å²) in [6, 6.07) is 13.7. The normalized spacial score (nSPS) is 16.7. The molecule has 1 atom stereocenters. The van der Waals surface area contributed by atoms with E-state index >= 15 is 0 Å². The van der Waals surface area contributed by atoms with Gasteiger partial charge in [-0.05, 0) is 42.8 Å². The average molecular weight is 398 g/mol. The van der Waals surface area contributed by atoms with E-state index in [2.05, 4.69) is 25.3 Å². The van der Waals surface area contributed by atoms with Gasteiger partial charge in [-0.15, -0.1) is 0 Å². The van der Waals surface area contributed by atoms with Crippen LogP contribution in [0.2, 0.25) is 0 Å². The molecule has 5 rings (SSSR count). The summed E-state index contributed by atoms with van der Waals surface area (Å²) >= 11 is 0. The van der Waals surface area contributed by atoms with Crippen molar-refractivity contribution < 1.29 is 4.79 Å². The smallest absolute Gasteiger partial charge is 0.272 e. The maximum atomic E-state index is 13.2. The molecule has 4 heterocycles. The van der Waals surface area contributed by atoms with E-state index in [0.29, 0.717) is 23.7 Å². The molecule has 1 aliphatic rings. The molecule has 7 heteroatoms. The topological polar surface area (TPSA) is 83.9 Å². The Morgan fingerprint density at radius 1 is 1.03 bits per heavy atom. The van der Waals surface area contributed by atoms with Crippen LogP contribution in [0.4, 0.5) is 5.82 Å². The molecule has 0 spiro atoms. The first-order valence-corrected chi connectivity index (χ1v) is 10.3. The van der Waals surface area contributed by atoms with Gasteiger partial charge in [0.2, 0.25) is 0 Å². The van der Waals surface area contributed by atoms with Crippen molar-refractivity contribution in [1.29, 1.82) is 0 Å². The van der Waals surface area contributed by atoms with Crippen LogP contribution in [0, 0.1) is 0 Å². The lowest BCUT2D eigenvalue weighted by Crippen LogP contribution is -2.47. The van der Waals surface area contributed by atoms with E-state index in [0.717, 1.165) is 42.1 Å². The van der Waals surface area contributed by atoms with Gasteiger partial charge in [0.15, 0.2) is 5.65 Å². The predicted octanol–water partition coefficient (Wildman–Crippen LogP) is 3.68. The van der Waals surface area contributed by atoms with Crippen LogP contribution < -0.4 is 5.32 Å². The van der Waals surface area contributed by atoms with Gasteiger partial charge in [-0.3, -0.25) is 9.78 Å². The van der Waals surface area contributed by atoms with Crippen molar-refractivity contribution >= 4 is 33.7 Å². The largest absolute Gasteiger partial charge is 0.367 e. The van der Waals surface area contributed by atoms with E-state index in [1.54, 1.807) is 18.6 Å². The number of hydrogen-bond acceptors (Lipinski definition) is 6. The molecular formula is C23H22N6O. The number of pyridine rings is 2. The molecule has 0 radical (unpaired) electrons. The molecule has 0 saturated carbocycles. The van der Waals surface area contributed by atoms with Crippen molar-refractivity contribution in [2.75, 3.05) is 18.4 Å². The molecule has 0 unspecified atom stereocenters. The first-order chi connectivity index (χ1) is 14.8. The molecule has 0 aliphatic carbocycles. The lowest BCUT2D eigenvalue weighted by molar-refractivity contribution is 0.0622. The minimum absolute atomic E-state index is 0.0129. The van der Waals surface area contributed by atoms with Gasteiger partial charge in [0.05, 0.1) is 6.20 Å². The van der Waals surface area contributed by atoms with Crippen LogP contribution in [0.3, 0.4) is 0 Å². The second-order valence-corrected chi connectivity index (χ2v) is 7.55. The maximum absolute atomic E-state index is 13.2. The van der Waals surface area contributed by atoms with Gasteiger partial charge in [-0.1, -0.05) is 24.3 Å². The Bertz CT molecular complexity index is 1210. The Hall–Kier alpha value is -3.61. The van der Waals surface area contributed by atoms with Crippen molar-refractivity contribution in [2.24, 2.45) is 0 Å². The van der Waals surface area contributed by atoms with E-state index in [1.165, 1.54) is 0 Å². The van der Waals surface area contributed by atoms with Gasteiger partial charge >= 0.3 is 0 Å². The number of rotatable bonds is 4. The van der Waals surface area contributed by atoms with E-state index in [9.17, 15) is 4.79 Å². The Kier molecular flexibility index (Phi) is 4.93. The fourth-order valence-corrected chi connectivity index (χ4v) is 3.99. The zero-order chi connectivity index (χ0) is 20.3. The number of hydrogen-bond donors (Lipinski definition) is 1. The Morgan fingerprint density at radius 3 is 2.87 bits per heavy atom. The molecule has 1 aromatic carbocycles. The molecule has 1 fully saturated rings. The molecule has 4 aromatic rings. The zero-order valence-corrected chi connectivity index (χ0v) is 16.5. The number of benzene rings is 1. The van der Waals surface area contributed by atoms with Crippen molar-refractivity contribution in [3.05, 3.63) is 66.7 Å². The van der Waals surface area contributed by atoms with Crippen molar-refractivity contribution in [2.45, 2.75) is 25.3 Å². The summed E-state index contributed by atoms with van der Waals surface area (Å²) < 4.78 is 0. The first kappa shape index (κ1) is 18.4. The molecular weight excluding hydrogens is 376 g/mol. The highest BCUT2D eigenvalue weighted by atomic mass is 16.2. The van der Waals surface area contributed by atoms with Crippen LogP contribution in [0.5, 0.6) is 0 Å². The minimum atomic E-state index is -0.0129. The Balaban J connectivity index is 1.33. The minimum Gasteiger partial charge on any atom is -0.367 e. The van der Waals surface area contributed by atoms with Crippen LogP contribution >= 0.6 is 0 Å². The molecule has 150 valence electrons. The number of likely N-dealkylation sites (tertiary alicyclic amines) is 1. The third kappa shape index (κ3) is 3.66. The summed E-state index contributed by atoms with van der Waals surface area (Å²) in [5, 5.41) is 5.42. The monoisotopic (exact) mass is 398 g/mol. The third-order valence-electron chi connectivity index (χ3n) is 5.57. The number of aromatic nitrogens is 4. The van der Waals surface area contributed by atoms with Crippen LogP contribution in [0.15, 0.2) is 61.1 Å². The zero-order valence-electron chi connectivity index (χ0n) is 16.5. The maximum Gasteiger partial charge on any atom is 0.272 e. The molecule has 1 N–H and O–H groups in total. The Labute approximate surface area is 174 Å². The van der Waals surface area contributed by atoms with E-state index in [4.69, 9.17) is 0 Å². The summed E-state index contributed by atoms with van der Waals surface area (Å²) in [4.78, 5) is 32.7. The van der Waals surface area contributed by atoms with Crippen molar-refractivity contribution in [1.82, 2.24) is 24.8 Å². The standard InChI is InChI=1S/C23H22N6O/c30-23(20-12-16-6-1-2-7-17(16)13-25-20)29-11-4-3-8-18(29)14-26-21-15-27-22-19(28-21)9-5-10-24-22/h1-2,5-7,9-10,12-13,15,18H,3-4,8,11,14H2,(H,26,28)/t18-/m0/s1. The number of anilines is 1. The SMILES string of the molecule is O=C(c1cc2ccccc2cn1)N1CCCC[C@H]1CNc1cnc2ncccc2n1. The third-order valence-corrected chi connectivity index (χ3v) is 5.57. The van der Waals surface area contributed by atoms with Crippen LogP contribution in [0.1, 0.15) is 29.8 Å². The van der Waals surface area contributed by atoms with Crippen LogP contribution in [-0.2, 0) is 0 Å². The molecule has 1 aliphatic heterocycles. The second kappa shape index (κ2) is 8.02. The number of nitrogens with one attached hydrogen (secondary N) is 1. The first-order valence-electron chi connectivity index (χ1n) is 10.3. The van der Waals surface area contributed by atoms with Crippen LogP contribution in [0.25, 0.3) is 21.9 Å². The van der Waals surface area contributed by atoms with E-state index in [1.807, 2.05) is 47.4 Å². The quantitative estimate of drug-likeness (QED) is 0.565. The van der Waals surface area contributed by atoms with Gasteiger partial charge in [0.25, 0.3) is 5.91 Å². The van der Waals surface area contributed by atoms with Gasteiger partial charge in [0.1, 0.15) is 17.0 Å². The lowest BCUT2D eigenvalue weighted by Gasteiger charge is -2.35. The summed E-state index contributed by atoms with van der Waals surface area (Å²) in [6.07, 6.45) is 8.24. The van der Waals surface area contributed by atoms with Crippen LogP contribution in [-0.4, -0.2) is 49.9 Å². The number of carbonyl (C=O) groups excluding carboxylic acids is 1. The highest BCUT2D eigenvalue weighted by molar-refractivity contribution is 5.96. The van der Waals surface area contributed by atoms with Crippen molar-refractivity contribution in [3.8, 4) is 0 Å². The second-order valence-electron chi connectivity index (χ2n) is 7.55. The number of fused-ring (bicyclic) bond motifs is 2. The highest BCUT2D eigenvalue weighted by Gasteiger charge is 2.28. The number of nitrogens with zero attached hydrogens (tertiary/aromatic N) is 5. The highest BCUT2D eigenvalue weighted by Crippen LogP contribution is 2.21. The van der Waals surface area contributed by atoms with Gasteiger partial charge in [-0.25, -0.2) is 15.0 Å². The molecule has 1 amide bonds. The van der Waals surface area contributed by atoms with Crippen molar-refractivity contribution in [3.63, 3.8) is 0 Å². The molecule has 1 saturated heterocycles.